The third-order valence-corrected chi connectivity index (χ3v) is 0. The van der Waals surface area contributed by atoms with Crippen LogP contribution in [0.5, 0.6) is 0 Å². The molecule has 0 rings (SSSR count). The maximum atomic E-state index is 9.22. The van der Waals surface area contributed by atoms with E-state index < -0.39 is 0 Å². The van der Waals surface area contributed by atoms with Crippen LogP contribution in [-0.2, 0) is 9.59 Å². The Morgan fingerprint density at radius 3 is 0.880 bits per heavy atom. The molecule has 1 amide bonds. The topological polar surface area (TPSA) is 208 Å². The van der Waals surface area contributed by atoms with Crippen LogP contribution in [-0.4, -0.2) is 44.7 Å². The SMILES string of the molecule is Br.C.C.C.CC(=O)Cl.CC(N)=O.CI.CO.N.O.O.[Ar].[Ar].[Ar].[Ar].[Na+].[OH-]. The molecule has 172 valence electrons. The summed E-state index contributed by atoms with van der Waals surface area (Å²) < 4.78 is 0. The fourth-order valence-corrected chi connectivity index (χ4v) is 0. The number of aliphatic hydroxyl groups excluding tert-OH is 1. The van der Waals surface area contributed by atoms with Gasteiger partial charge >= 0.3 is 29.6 Å². The summed E-state index contributed by atoms with van der Waals surface area (Å²) in [5.74, 6) is -0.333. The van der Waals surface area contributed by atoms with Gasteiger partial charge in [-0.2, -0.15) is 0 Å². The van der Waals surface area contributed by atoms with Crippen LogP contribution >= 0.6 is 51.2 Å². The van der Waals surface area contributed by atoms with E-state index in [0.29, 0.717) is 0 Å². The van der Waals surface area contributed by atoms with Crippen LogP contribution in [0.4, 0.5) is 0 Å². The Hall–Kier alpha value is 6.48. The average molecular weight is 693 g/mol. The van der Waals surface area contributed by atoms with Gasteiger partial charge in [0.2, 0.25) is 11.1 Å². The van der Waals surface area contributed by atoms with Crippen molar-refractivity contribution in [1.29, 1.82) is 0 Å². The molecule has 25 heavy (non-hydrogen) atoms. The van der Waals surface area contributed by atoms with E-state index in [9.17, 15) is 9.59 Å². The summed E-state index contributed by atoms with van der Waals surface area (Å²) in [4.78, 5) is 20.4. The normalized spacial score (nSPS) is 2.52. The van der Waals surface area contributed by atoms with Gasteiger partial charge in [0.25, 0.3) is 0 Å². The van der Waals surface area contributed by atoms with Crippen molar-refractivity contribution in [2.45, 2.75) is 36.1 Å². The van der Waals surface area contributed by atoms with Crippen LogP contribution in [0, 0.1) is 151 Å². The minimum absolute atomic E-state index is 0. The number of halogens is 3. The molecule has 0 heterocycles. The van der Waals surface area contributed by atoms with Gasteiger partial charge in [-0.3, -0.25) is 9.59 Å². The molecule has 8 nitrogen and oxygen atoms in total. The maximum absolute atomic E-state index is 9.22. The Bertz CT molecular complexity index is 120. The number of aliphatic hydroxyl groups is 1. The third kappa shape index (κ3) is 589. The summed E-state index contributed by atoms with van der Waals surface area (Å²) in [6.45, 7) is 2.60. The molecule has 0 aliphatic heterocycles. The summed E-state index contributed by atoms with van der Waals surface area (Å²) in [5, 5.41) is 6.64. The van der Waals surface area contributed by atoms with E-state index in [-0.39, 0.29) is 254 Å². The molecular weight excluding hydrogens is 657 g/mol. The molecule has 11 N–H and O–H groups in total. The number of alkyl halides is 1. The first-order valence-corrected chi connectivity index (χ1v) is 5.25. The van der Waals surface area contributed by atoms with Gasteiger partial charge in [0.1, 0.15) is 0 Å². The summed E-state index contributed by atoms with van der Waals surface area (Å²) >= 11 is 6.79. The van der Waals surface area contributed by atoms with E-state index in [0.717, 1.165) is 7.11 Å². The Morgan fingerprint density at radius 1 is 0.880 bits per heavy atom. The van der Waals surface area contributed by atoms with E-state index >= 15 is 0 Å². The first kappa shape index (κ1) is 139. The second kappa shape index (κ2) is 170. The number of carbonyl (C=O) groups excluding carboxylic acids is 2. The van der Waals surface area contributed by atoms with Gasteiger partial charge in [-0.15, -0.1) is 17.0 Å². The fraction of sp³-hybridized carbons (Fsp3) is 0.778. The second-order valence-corrected chi connectivity index (χ2v) is 1.61. The van der Waals surface area contributed by atoms with Crippen molar-refractivity contribution in [3.05, 3.63) is 0 Å². The van der Waals surface area contributed by atoms with E-state index in [4.69, 9.17) is 5.11 Å². The smallest absolute Gasteiger partial charge is 0.870 e. The fourth-order valence-electron chi connectivity index (χ4n) is 0. The van der Waals surface area contributed by atoms with E-state index in [1.165, 1.54) is 13.8 Å². The molecule has 0 aliphatic carbocycles. The quantitative estimate of drug-likeness (QED) is 0.123. The molecular formula is C9H36Ar4BrClIN2NaO6. The van der Waals surface area contributed by atoms with Crippen LogP contribution in [0.3, 0.4) is 0 Å². The number of carbonyl (C=O) groups is 2. The van der Waals surface area contributed by atoms with Gasteiger partial charge < -0.3 is 33.4 Å². The molecule has 0 radical (unpaired) electrons. The monoisotopic (exact) mass is 692 g/mol. The summed E-state index contributed by atoms with van der Waals surface area (Å²) in [5.41, 5.74) is 4.47. The van der Waals surface area contributed by atoms with Gasteiger partial charge in [-0.05, 0) is 16.5 Å². The van der Waals surface area contributed by atoms with Crippen molar-refractivity contribution >= 4 is 62.3 Å². The zero-order chi connectivity index (χ0) is 11.2. The van der Waals surface area contributed by atoms with Crippen molar-refractivity contribution in [3.8, 4) is 0 Å². The predicted molar refractivity (Wildman–Crippen MR) is 104 cm³/mol. The van der Waals surface area contributed by atoms with E-state index in [1.807, 2.05) is 4.93 Å². The summed E-state index contributed by atoms with van der Waals surface area (Å²) in [7, 11) is 1.00. The third-order valence-electron chi connectivity index (χ3n) is 0. The zero-order valence-electron chi connectivity index (χ0n) is 12.6. The minimum Gasteiger partial charge on any atom is -0.870 e. The van der Waals surface area contributed by atoms with Gasteiger partial charge in [-0.25, -0.2) is 0 Å². The van der Waals surface area contributed by atoms with E-state index in [1.54, 1.807) is 0 Å². The molecule has 0 fully saturated rings. The molecule has 0 aromatic heterocycles. The number of amides is 1. The molecule has 0 bridgehead atoms. The molecule has 0 spiro atoms. The molecule has 0 atom stereocenters. The molecule has 0 saturated heterocycles. The molecule has 0 aromatic carbocycles. The van der Waals surface area contributed by atoms with Gasteiger partial charge in [-0.1, -0.05) is 44.9 Å². The molecule has 16 heteroatoms. The Morgan fingerprint density at radius 2 is 0.880 bits per heavy atom. The number of hydrogen-bond donors (Lipinski definition) is 3. The first-order valence-electron chi connectivity index (χ1n) is 2.71. The Kier molecular flexibility index (Phi) is 949. The zero-order valence-corrected chi connectivity index (χ0v) is 22.0. The van der Waals surface area contributed by atoms with Crippen LogP contribution in [0.15, 0.2) is 0 Å². The molecule has 0 unspecified atom stereocenters. The number of nitrogens with two attached hydrogens (primary N) is 1. The van der Waals surface area contributed by atoms with Gasteiger partial charge in [0, 0.05) is 172 Å². The Balaban J connectivity index is -0.00000000199. The minimum atomic E-state index is -0.361. The average Bonchev–Trinajstić information content (AvgIpc) is 1.93. The molecule has 0 saturated carbocycles. The van der Waals surface area contributed by atoms with Crippen molar-refractivity contribution in [2.75, 3.05) is 12.0 Å². The molecule has 0 aliphatic rings. The number of rotatable bonds is 0. The predicted octanol–water partition coefficient (Wildman–Crippen LogP) is -1.25. The maximum Gasteiger partial charge on any atom is 1.00 e. The second-order valence-electron chi connectivity index (χ2n) is 1.08. The first-order chi connectivity index (χ1) is 5.46. The van der Waals surface area contributed by atoms with Gasteiger partial charge in [0.15, 0.2) is 0 Å². The van der Waals surface area contributed by atoms with Gasteiger partial charge in [0.05, 0.1) is 0 Å². The van der Waals surface area contributed by atoms with Crippen LogP contribution in [0.1, 0.15) is 36.1 Å². The van der Waals surface area contributed by atoms with Crippen molar-refractivity contribution < 1.29 is 212 Å². The van der Waals surface area contributed by atoms with Crippen molar-refractivity contribution in [1.82, 2.24) is 6.15 Å². The van der Waals surface area contributed by atoms with Crippen LogP contribution in [0.2, 0.25) is 0 Å². The summed E-state index contributed by atoms with van der Waals surface area (Å²) in [6, 6.07) is 0. The largest absolute Gasteiger partial charge is 1.00 e. The van der Waals surface area contributed by atoms with Crippen LogP contribution < -0.4 is 41.4 Å². The Labute approximate surface area is 326 Å². The van der Waals surface area contributed by atoms with Crippen LogP contribution in [0.25, 0.3) is 0 Å². The standard InChI is InChI=1S/C2H3ClO.C2H5NO.CH3I.CH4O.3CH4.4Ar.BrH.H3N.Na.3H2O/c2*1-2(3)4;2*1-2;;;;;;;;;;;;;/h1H3;1H3,(H2,3,4);1H3;2H,1H3;3*1H4;;;;;1H;1H3;;3*1H2/q;;;;;;;;;;;;;+1;;;/p-1. The van der Waals surface area contributed by atoms with Crippen molar-refractivity contribution in [2.24, 2.45) is 5.73 Å². The number of primary amides is 1. The molecule has 0 aromatic rings. The summed E-state index contributed by atoms with van der Waals surface area (Å²) in [6.07, 6.45) is 0. The van der Waals surface area contributed by atoms with E-state index in [2.05, 4.69) is 39.9 Å². The number of hydrogen-bond acceptors (Lipinski definition) is 5. The van der Waals surface area contributed by atoms with Crippen molar-refractivity contribution in [3.63, 3.8) is 0 Å².